The van der Waals surface area contributed by atoms with Crippen LogP contribution in [0, 0.1) is 11.6 Å². The van der Waals surface area contributed by atoms with Gasteiger partial charge in [0.2, 0.25) is 0 Å². The Morgan fingerprint density at radius 2 is 2.00 bits per heavy atom. The summed E-state index contributed by atoms with van der Waals surface area (Å²) in [7, 11) is 0. The zero-order valence-corrected chi connectivity index (χ0v) is 10.1. The van der Waals surface area contributed by atoms with E-state index in [4.69, 9.17) is 5.11 Å². The quantitative estimate of drug-likeness (QED) is 0.841. The first-order valence-electron chi connectivity index (χ1n) is 4.98. The molecule has 1 N–H and O–H groups in total. The summed E-state index contributed by atoms with van der Waals surface area (Å²) in [6, 6.07) is 1.71. The molecule has 0 aliphatic carbocycles. The van der Waals surface area contributed by atoms with E-state index in [0.29, 0.717) is 12.2 Å². The number of phenolic OH excluding ortho intramolecular Hbond substituents is 1. The standard InChI is InChI=1S/C12H12F2O2S/c1-8(15)17-5-3-2-4-10-11(13)6-9(16)7-12(10)14/h2,4,6-7,16H,3,5H2,1H3. The van der Waals surface area contributed by atoms with Crippen molar-refractivity contribution in [3.63, 3.8) is 0 Å². The second-order valence-electron chi connectivity index (χ2n) is 3.35. The van der Waals surface area contributed by atoms with E-state index in [-0.39, 0.29) is 10.7 Å². The first-order valence-corrected chi connectivity index (χ1v) is 5.97. The number of hydrogen-bond donors (Lipinski definition) is 1. The molecule has 1 aromatic carbocycles. The Balaban J connectivity index is 2.62. The van der Waals surface area contributed by atoms with E-state index in [2.05, 4.69) is 0 Å². The minimum atomic E-state index is -0.807. The molecule has 0 spiro atoms. The van der Waals surface area contributed by atoms with Gasteiger partial charge in [0.1, 0.15) is 17.4 Å². The number of halogens is 2. The van der Waals surface area contributed by atoms with Crippen molar-refractivity contribution in [1.29, 1.82) is 0 Å². The largest absolute Gasteiger partial charge is 0.508 e. The molecule has 0 atom stereocenters. The van der Waals surface area contributed by atoms with E-state index >= 15 is 0 Å². The van der Waals surface area contributed by atoms with Crippen molar-refractivity contribution >= 4 is 23.0 Å². The van der Waals surface area contributed by atoms with Crippen LogP contribution in [0.4, 0.5) is 8.78 Å². The normalized spacial score (nSPS) is 11.0. The minimum absolute atomic E-state index is 0.0143. The third-order valence-electron chi connectivity index (χ3n) is 1.94. The van der Waals surface area contributed by atoms with Crippen LogP contribution in [0.15, 0.2) is 18.2 Å². The molecule has 0 fully saturated rings. The van der Waals surface area contributed by atoms with Gasteiger partial charge in [-0.3, -0.25) is 4.79 Å². The topological polar surface area (TPSA) is 37.3 Å². The second-order valence-corrected chi connectivity index (χ2v) is 4.63. The maximum Gasteiger partial charge on any atom is 0.185 e. The van der Waals surface area contributed by atoms with Crippen LogP contribution < -0.4 is 0 Å². The van der Waals surface area contributed by atoms with Gasteiger partial charge in [0, 0.05) is 30.4 Å². The average molecular weight is 258 g/mol. The molecule has 92 valence electrons. The fraction of sp³-hybridized carbons (Fsp3) is 0.250. The van der Waals surface area contributed by atoms with Gasteiger partial charge in [-0.1, -0.05) is 23.9 Å². The Hall–Kier alpha value is -1.36. The second kappa shape index (κ2) is 6.39. The highest BCUT2D eigenvalue weighted by molar-refractivity contribution is 8.13. The number of thioether (sulfide) groups is 1. The van der Waals surface area contributed by atoms with Crippen molar-refractivity contribution in [3.05, 3.63) is 35.4 Å². The zero-order valence-electron chi connectivity index (χ0n) is 9.24. The summed E-state index contributed by atoms with van der Waals surface area (Å²) in [4.78, 5) is 10.6. The molecule has 0 amide bonds. The molecule has 2 nitrogen and oxygen atoms in total. The number of rotatable bonds is 4. The van der Waals surface area contributed by atoms with Crippen LogP contribution in [0.3, 0.4) is 0 Å². The van der Waals surface area contributed by atoms with Gasteiger partial charge in [-0.15, -0.1) is 0 Å². The Bertz CT molecular complexity index is 421. The highest BCUT2D eigenvalue weighted by Crippen LogP contribution is 2.20. The lowest BCUT2D eigenvalue weighted by molar-refractivity contribution is -0.109. The van der Waals surface area contributed by atoms with Crippen molar-refractivity contribution in [1.82, 2.24) is 0 Å². The van der Waals surface area contributed by atoms with Crippen LogP contribution in [0.1, 0.15) is 18.9 Å². The predicted molar refractivity (Wildman–Crippen MR) is 64.8 cm³/mol. The average Bonchev–Trinajstić information content (AvgIpc) is 2.20. The minimum Gasteiger partial charge on any atom is -0.508 e. The molecule has 0 bridgehead atoms. The molecule has 0 saturated carbocycles. The number of carbonyl (C=O) groups is 1. The number of benzene rings is 1. The van der Waals surface area contributed by atoms with Gasteiger partial charge in [-0.05, 0) is 6.42 Å². The highest BCUT2D eigenvalue weighted by Gasteiger charge is 2.07. The van der Waals surface area contributed by atoms with Crippen molar-refractivity contribution in [2.75, 3.05) is 5.75 Å². The smallest absolute Gasteiger partial charge is 0.185 e. The van der Waals surface area contributed by atoms with Crippen molar-refractivity contribution < 1.29 is 18.7 Å². The van der Waals surface area contributed by atoms with E-state index < -0.39 is 17.4 Å². The van der Waals surface area contributed by atoms with E-state index in [9.17, 15) is 13.6 Å². The molecule has 17 heavy (non-hydrogen) atoms. The van der Waals surface area contributed by atoms with Gasteiger partial charge < -0.3 is 5.11 Å². The zero-order chi connectivity index (χ0) is 12.8. The molecular weight excluding hydrogens is 246 g/mol. The maximum atomic E-state index is 13.2. The van der Waals surface area contributed by atoms with Crippen molar-refractivity contribution in [3.8, 4) is 5.75 Å². The molecule has 0 unspecified atom stereocenters. The summed E-state index contributed by atoms with van der Waals surface area (Å²) in [6.07, 6.45) is 3.45. The van der Waals surface area contributed by atoms with E-state index in [1.165, 1.54) is 13.0 Å². The third-order valence-corrected chi connectivity index (χ3v) is 2.78. The van der Waals surface area contributed by atoms with Crippen LogP contribution in [-0.2, 0) is 4.79 Å². The van der Waals surface area contributed by atoms with Crippen molar-refractivity contribution in [2.45, 2.75) is 13.3 Å². The van der Waals surface area contributed by atoms with Gasteiger partial charge in [0.15, 0.2) is 5.12 Å². The number of allylic oxidation sites excluding steroid dienone is 1. The van der Waals surface area contributed by atoms with Crippen molar-refractivity contribution in [2.24, 2.45) is 0 Å². The summed E-state index contributed by atoms with van der Waals surface area (Å²) in [5, 5.41) is 8.96. The number of aromatic hydroxyl groups is 1. The van der Waals surface area contributed by atoms with Crippen LogP contribution in [0.25, 0.3) is 6.08 Å². The number of hydrogen-bond acceptors (Lipinski definition) is 3. The van der Waals surface area contributed by atoms with E-state index in [0.717, 1.165) is 23.9 Å². The first-order chi connectivity index (χ1) is 8.00. The lowest BCUT2D eigenvalue weighted by Crippen LogP contribution is -1.89. The van der Waals surface area contributed by atoms with Gasteiger partial charge in [-0.2, -0.15) is 0 Å². The predicted octanol–water partition coefficient (Wildman–Crippen LogP) is 3.35. The summed E-state index contributed by atoms with van der Waals surface area (Å²) in [6.45, 7) is 1.47. The fourth-order valence-electron chi connectivity index (χ4n) is 1.20. The molecule has 0 saturated heterocycles. The maximum absolute atomic E-state index is 13.2. The number of carbonyl (C=O) groups excluding carboxylic acids is 1. The molecule has 0 radical (unpaired) electrons. The van der Waals surface area contributed by atoms with Gasteiger partial charge in [-0.25, -0.2) is 8.78 Å². The Kier molecular flexibility index (Phi) is 5.15. The van der Waals surface area contributed by atoms with Gasteiger partial charge >= 0.3 is 0 Å². The SMILES string of the molecule is CC(=O)SCCC=Cc1c(F)cc(O)cc1F. The Labute approximate surface area is 102 Å². The molecule has 0 aromatic heterocycles. The Morgan fingerprint density at radius 3 is 2.53 bits per heavy atom. The summed E-state index contributed by atoms with van der Waals surface area (Å²) < 4.78 is 26.5. The third kappa shape index (κ3) is 4.56. The van der Waals surface area contributed by atoms with Crippen LogP contribution in [0.2, 0.25) is 0 Å². The molecule has 1 aromatic rings. The van der Waals surface area contributed by atoms with Gasteiger partial charge in [0.05, 0.1) is 0 Å². The molecule has 0 heterocycles. The molecule has 1 rings (SSSR count). The van der Waals surface area contributed by atoms with Gasteiger partial charge in [0.25, 0.3) is 0 Å². The molecule has 0 aliphatic rings. The summed E-state index contributed by atoms with van der Waals surface area (Å²) >= 11 is 1.16. The van der Waals surface area contributed by atoms with Crippen LogP contribution in [0.5, 0.6) is 5.75 Å². The van der Waals surface area contributed by atoms with E-state index in [1.54, 1.807) is 6.08 Å². The molecular formula is C12H12F2O2S. The first kappa shape index (κ1) is 13.7. The lowest BCUT2D eigenvalue weighted by Gasteiger charge is -2.00. The van der Waals surface area contributed by atoms with Crippen LogP contribution in [-0.4, -0.2) is 16.0 Å². The summed E-state index contributed by atoms with van der Waals surface area (Å²) in [5.74, 6) is -1.48. The van der Waals surface area contributed by atoms with Crippen LogP contribution >= 0.6 is 11.8 Å². The van der Waals surface area contributed by atoms with E-state index in [1.807, 2.05) is 0 Å². The lowest BCUT2D eigenvalue weighted by atomic mass is 10.1. The molecule has 0 aliphatic heterocycles. The monoisotopic (exact) mass is 258 g/mol. The number of phenols is 1. The Morgan fingerprint density at radius 1 is 1.41 bits per heavy atom. The summed E-state index contributed by atoms with van der Waals surface area (Å²) in [5.41, 5.74) is -0.185. The molecule has 5 heteroatoms. The fourth-order valence-corrected chi connectivity index (χ4v) is 1.74. The highest BCUT2D eigenvalue weighted by atomic mass is 32.2.